The maximum atomic E-state index is 13.0. The molecule has 0 fully saturated rings. The van der Waals surface area contributed by atoms with Crippen molar-refractivity contribution in [3.63, 3.8) is 0 Å². The number of ether oxygens (including phenoxy) is 1. The molecule has 1 N–H and O–H groups in total. The van der Waals surface area contributed by atoms with E-state index in [4.69, 9.17) is 20.8 Å². The number of benzene rings is 2. The summed E-state index contributed by atoms with van der Waals surface area (Å²) in [6.45, 7) is 0. The third-order valence-electron chi connectivity index (χ3n) is 3.71. The average molecular weight is 396 g/mol. The van der Waals surface area contributed by atoms with Crippen LogP contribution in [-0.2, 0) is 6.18 Å². The van der Waals surface area contributed by atoms with Crippen LogP contribution in [0.1, 0.15) is 16.1 Å². The number of carbonyl (C=O) groups excluding carboxylic acids is 1. The minimum atomic E-state index is -4.59. The van der Waals surface area contributed by atoms with Gasteiger partial charge in [-0.15, -0.1) is 0 Å². The number of halogens is 4. The van der Waals surface area contributed by atoms with Crippen LogP contribution in [0.15, 0.2) is 59.0 Å². The summed E-state index contributed by atoms with van der Waals surface area (Å²) in [4.78, 5) is 12.3. The number of nitrogens with one attached hydrogen (secondary N) is 1. The molecule has 1 aromatic heterocycles. The summed E-state index contributed by atoms with van der Waals surface area (Å²) in [6.07, 6.45) is -4.59. The fourth-order valence-corrected chi connectivity index (χ4v) is 2.63. The molecule has 4 nitrogen and oxygen atoms in total. The topological polar surface area (TPSA) is 51.5 Å². The Morgan fingerprint density at radius 3 is 2.59 bits per heavy atom. The lowest BCUT2D eigenvalue weighted by molar-refractivity contribution is -0.137. The molecular formula is C19H13ClF3NO3. The second-order valence-corrected chi connectivity index (χ2v) is 5.95. The minimum Gasteiger partial charge on any atom is -0.497 e. The van der Waals surface area contributed by atoms with E-state index in [9.17, 15) is 18.0 Å². The second kappa shape index (κ2) is 7.36. The lowest BCUT2D eigenvalue weighted by Gasteiger charge is -2.10. The van der Waals surface area contributed by atoms with Crippen LogP contribution in [0.5, 0.6) is 5.75 Å². The van der Waals surface area contributed by atoms with E-state index in [1.54, 1.807) is 24.3 Å². The average Bonchev–Trinajstić information content (AvgIpc) is 3.11. The number of alkyl halides is 3. The summed E-state index contributed by atoms with van der Waals surface area (Å²) in [5.41, 5.74) is -0.323. The normalized spacial score (nSPS) is 11.3. The third kappa shape index (κ3) is 4.25. The largest absolute Gasteiger partial charge is 0.497 e. The highest BCUT2D eigenvalue weighted by Crippen LogP contribution is 2.37. The van der Waals surface area contributed by atoms with Crippen LogP contribution >= 0.6 is 11.6 Å². The molecule has 0 unspecified atom stereocenters. The van der Waals surface area contributed by atoms with Crippen LogP contribution in [0.2, 0.25) is 5.02 Å². The van der Waals surface area contributed by atoms with Gasteiger partial charge in [0.15, 0.2) is 5.76 Å². The Bertz CT molecular complexity index is 982. The van der Waals surface area contributed by atoms with Gasteiger partial charge in [0.1, 0.15) is 11.5 Å². The first-order valence-corrected chi connectivity index (χ1v) is 8.08. The van der Waals surface area contributed by atoms with E-state index >= 15 is 0 Å². The van der Waals surface area contributed by atoms with E-state index < -0.39 is 22.7 Å². The van der Waals surface area contributed by atoms with Crippen LogP contribution in [-0.4, -0.2) is 13.0 Å². The van der Waals surface area contributed by atoms with E-state index in [1.807, 2.05) is 0 Å². The van der Waals surface area contributed by atoms with Gasteiger partial charge < -0.3 is 14.5 Å². The monoisotopic (exact) mass is 395 g/mol. The van der Waals surface area contributed by atoms with Crippen LogP contribution in [0, 0.1) is 0 Å². The van der Waals surface area contributed by atoms with Crippen LogP contribution in [0.25, 0.3) is 11.3 Å². The first kappa shape index (κ1) is 18.8. The summed E-state index contributed by atoms with van der Waals surface area (Å²) >= 11 is 5.61. The third-order valence-corrected chi connectivity index (χ3v) is 4.04. The molecule has 0 radical (unpaired) electrons. The molecule has 140 valence electrons. The summed E-state index contributed by atoms with van der Waals surface area (Å²) in [6, 6.07) is 12.9. The zero-order chi connectivity index (χ0) is 19.6. The number of furan rings is 1. The maximum absolute atomic E-state index is 13.0. The van der Waals surface area contributed by atoms with Gasteiger partial charge in [-0.1, -0.05) is 17.7 Å². The van der Waals surface area contributed by atoms with Crippen molar-refractivity contribution in [2.24, 2.45) is 0 Å². The molecule has 0 saturated heterocycles. The van der Waals surface area contributed by atoms with Crippen molar-refractivity contribution in [2.45, 2.75) is 6.18 Å². The molecule has 3 rings (SSSR count). The molecular weight excluding hydrogens is 383 g/mol. The van der Waals surface area contributed by atoms with Gasteiger partial charge in [-0.2, -0.15) is 13.2 Å². The Labute approximate surface area is 157 Å². The number of hydrogen-bond acceptors (Lipinski definition) is 3. The van der Waals surface area contributed by atoms with Gasteiger partial charge in [0.05, 0.1) is 17.7 Å². The molecule has 3 aromatic rings. The van der Waals surface area contributed by atoms with Gasteiger partial charge in [0, 0.05) is 17.3 Å². The SMILES string of the molecule is COc1cccc(NC(=O)c2ccc(-c3ccc(Cl)c(C(F)(F)F)c3)o2)c1. The van der Waals surface area contributed by atoms with Crippen molar-refractivity contribution >= 4 is 23.2 Å². The Morgan fingerprint density at radius 2 is 1.89 bits per heavy atom. The molecule has 0 bridgehead atoms. The maximum Gasteiger partial charge on any atom is 0.417 e. The molecule has 1 heterocycles. The number of anilines is 1. The number of hydrogen-bond donors (Lipinski definition) is 1. The summed E-state index contributed by atoms with van der Waals surface area (Å²) in [7, 11) is 1.50. The zero-order valence-corrected chi connectivity index (χ0v) is 14.7. The Hall–Kier alpha value is -2.93. The van der Waals surface area contributed by atoms with Crippen molar-refractivity contribution in [3.8, 4) is 17.1 Å². The standard InChI is InChI=1S/C19H13ClF3NO3/c1-26-13-4-2-3-12(10-13)24-18(25)17-8-7-16(27-17)11-5-6-15(20)14(9-11)19(21,22)23/h2-10H,1H3,(H,24,25). The van der Waals surface area contributed by atoms with Gasteiger partial charge >= 0.3 is 6.18 Å². The van der Waals surface area contributed by atoms with Gasteiger partial charge in [0.25, 0.3) is 5.91 Å². The molecule has 0 aliphatic carbocycles. The Morgan fingerprint density at radius 1 is 1.11 bits per heavy atom. The number of methoxy groups -OCH3 is 1. The van der Waals surface area contributed by atoms with Gasteiger partial charge in [-0.05, 0) is 42.5 Å². The smallest absolute Gasteiger partial charge is 0.417 e. The molecule has 0 aliphatic rings. The van der Waals surface area contributed by atoms with Crippen LogP contribution in [0.3, 0.4) is 0 Å². The van der Waals surface area contributed by atoms with Crippen molar-refractivity contribution in [3.05, 3.63) is 70.9 Å². The number of rotatable bonds is 4. The van der Waals surface area contributed by atoms with Crippen molar-refractivity contribution in [1.29, 1.82) is 0 Å². The van der Waals surface area contributed by atoms with Crippen LogP contribution < -0.4 is 10.1 Å². The molecule has 0 saturated carbocycles. The molecule has 1 amide bonds. The summed E-state index contributed by atoms with van der Waals surface area (Å²) in [5.74, 6) is 0.0950. The lowest BCUT2D eigenvalue weighted by atomic mass is 10.1. The predicted octanol–water partition coefficient (Wildman–Crippen LogP) is 5.88. The fourth-order valence-electron chi connectivity index (χ4n) is 2.40. The molecule has 0 atom stereocenters. The Balaban J connectivity index is 1.83. The van der Waals surface area contributed by atoms with Gasteiger partial charge in [-0.3, -0.25) is 4.79 Å². The number of carbonyl (C=O) groups is 1. The molecule has 8 heteroatoms. The van der Waals surface area contributed by atoms with E-state index in [0.717, 1.165) is 12.1 Å². The zero-order valence-electron chi connectivity index (χ0n) is 13.9. The highest BCUT2D eigenvalue weighted by Gasteiger charge is 2.33. The van der Waals surface area contributed by atoms with E-state index in [-0.39, 0.29) is 17.1 Å². The first-order valence-electron chi connectivity index (χ1n) is 7.70. The van der Waals surface area contributed by atoms with Crippen LogP contribution in [0.4, 0.5) is 18.9 Å². The number of amides is 1. The van der Waals surface area contributed by atoms with Gasteiger partial charge in [0.2, 0.25) is 0 Å². The highest BCUT2D eigenvalue weighted by molar-refractivity contribution is 6.31. The highest BCUT2D eigenvalue weighted by atomic mass is 35.5. The van der Waals surface area contributed by atoms with Crippen molar-refractivity contribution < 1.29 is 27.1 Å². The quantitative estimate of drug-likeness (QED) is 0.600. The van der Waals surface area contributed by atoms with Crippen molar-refractivity contribution in [1.82, 2.24) is 0 Å². The van der Waals surface area contributed by atoms with Gasteiger partial charge in [-0.25, -0.2) is 0 Å². The lowest BCUT2D eigenvalue weighted by Crippen LogP contribution is -2.10. The molecule has 27 heavy (non-hydrogen) atoms. The summed E-state index contributed by atoms with van der Waals surface area (Å²) < 4.78 is 49.5. The van der Waals surface area contributed by atoms with E-state index in [0.29, 0.717) is 11.4 Å². The second-order valence-electron chi connectivity index (χ2n) is 5.54. The Kier molecular flexibility index (Phi) is 5.14. The summed E-state index contributed by atoms with van der Waals surface area (Å²) in [5, 5.41) is 2.22. The molecule has 0 spiro atoms. The minimum absolute atomic E-state index is 0.0451. The molecule has 0 aliphatic heterocycles. The predicted molar refractivity (Wildman–Crippen MR) is 95.1 cm³/mol. The molecule has 2 aromatic carbocycles. The van der Waals surface area contributed by atoms with Crippen molar-refractivity contribution in [2.75, 3.05) is 12.4 Å². The van der Waals surface area contributed by atoms with E-state index in [2.05, 4.69) is 5.32 Å². The first-order chi connectivity index (χ1) is 12.8. The van der Waals surface area contributed by atoms with E-state index in [1.165, 1.54) is 25.3 Å². The fraction of sp³-hybridized carbons (Fsp3) is 0.105.